The van der Waals surface area contributed by atoms with Crippen molar-refractivity contribution in [2.45, 2.75) is 36.5 Å². The van der Waals surface area contributed by atoms with Crippen molar-refractivity contribution in [3.05, 3.63) is 53.6 Å². The molecule has 2 aliphatic rings. The van der Waals surface area contributed by atoms with Gasteiger partial charge in [-0.3, -0.25) is 0 Å². The molecule has 1 atom stereocenters. The van der Waals surface area contributed by atoms with Crippen molar-refractivity contribution in [1.29, 1.82) is 0 Å². The maximum atomic E-state index is 13.2. The van der Waals surface area contributed by atoms with E-state index in [1.54, 1.807) is 23.5 Å². The molecule has 0 amide bonds. The number of rotatable bonds is 4. The van der Waals surface area contributed by atoms with Gasteiger partial charge in [-0.15, -0.1) is 0 Å². The van der Waals surface area contributed by atoms with E-state index >= 15 is 0 Å². The third-order valence-electron chi connectivity index (χ3n) is 5.55. The first kappa shape index (κ1) is 20.5. The van der Waals surface area contributed by atoms with Crippen LogP contribution in [0.4, 0.5) is 0 Å². The summed E-state index contributed by atoms with van der Waals surface area (Å²) in [6.07, 6.45) is 3.58. The molecule has 1 fully saturated rings. The molecule has 29 heavy (non-hydrogen) atoms. The quantitative estimate of drug-likeness (QED) is 0.609. The molecule has 2 aromatic rings. The number of fused-ring (bicyclic) bond motifs is 2. The van der Waals surface area contributed by atoms with Gasteiger partial charge in [-0.2, -0.15) is 4.67 Å². The SMILES string of the molecule is COc1cccc2c1Sc1ccccc1C=C2OP(=O)(O)N1CCC(C)(C)CC1. The first-order valence-corrected chi connectivity index (χ1v) is 12.1. The maximum Gasteiger partial charge on any atom is 0.458 e. The summed E-state index contributed by atoms with van der Waals surface area (Å²) in [5, 5.41) is 0. The van der Waals surface area contributed by atoms with E-state index in [2.05, 4.69) is 13.8 Å². The molecule has 1 saturated heterocycles. The van der Waals surface area contributed by atoms with E-state index in [0.717, 1.165) is 33.8 Å². The van der Waals surface area contributed by atoms with Gasteiger partial charge in [0.15, 0.2) is 0 Å². The van der Waals surface area contributed by atoms with Crippen molar-refractivity contribution in [3.63, 3.8) is 0 Å². The highest BCUT2D eigenvalue weighted by Gasteiger charge is 2.38. The lowest BCUT2D eigenvalue weighted by Crippen LogP contribution is -2.35. The van der Waals surface area contributed by atoms with Gasteiger partial charge in [-0.25, -0.2) is 4.57 Å². The minimum absolute atomic E-state index is 0.188. The Morgan fingerprint density at radius 1 is 1.10 bits per heavy atom. The van der Waals surface area contributed by atoms with Crippen LogP contribution < -0.4 is 4.74 Å². The van der Waals surface area contributed by atoms with Gasteiger partial charge in [0.05, 0.1) is 12.0 Å². The van der Waals surface area contributed by atoms with Crippen LogP contribution in [0.2, 0.25) is 0 Å². The normalized spacial score (nSPS) is 20.5. The highest BCUT2D eigenvalue weighted by Crippen LogP contribution is 2.55. The van der Waals surface area contributed by atoms with Crippen molar-refractivity contribution < 1.29 is 18.7 Å². The topological polar surface area (TPSA) is 59.0 Å². The van der Waals surface area contributed by atoms with E-state index in [0.29, 0.717) is 24.6 Å². The molecule has 2 aliphatic heterocycles. The number of benzene rings is 2. The van der Waals surface area contributed by atoms with Gasteiger partial charge in [-0.1, -0.05) is 49.9 Å². The summed E-state index contributed by atoms with van der Waals surface area (Å²) in [4.78, 5) is 12.8. The van der Waals surface area contributed by atoms with Crippen LogP contribution in [-0.2, 0) is 9.09 Å². The van der Waals surface area contributed by atoms with Crippen LogP contribution in [0, 0.1) is 5.41 Å². The summed E-state index contributed by atoms with van der Waals surface area (Å²) in [6, 6.07) is 13.6. The lowest BCUT2D eigenvalue weighted by atomic mass is 9.83. The van der Waals surface area contributed by atoms with Gasteiger partial charge in [0.25, 0.3) is 0 Å². The molecule has 5 nitrogen and oxygen atoms in total. The van der Waals surface area contributed by atoms with Crippen LogP contribution in [0.15, 0.2) is 52.3 Å². The molecule has 0 saturated carbocycles. The molecule has 1 N–H and O–H groups in total. The molecule has 1 unspecified atom stereocenters. The van der Waals surface area contributed by atoms with Crippen LogP contribution in [0.5, 0.6) is 5.75 Å². The monoisotopic (exact) mass is 431 g/mol. The number of methoxy groups -OCH3 is 1. The molecular formula is C22H26NO4PS. The Morgan fingerprint density at radius 3 is 2.55 bits per heavy atom. The zero-order valence-corrected chi connectivity index (χ0v) is 18.6. The van der Waals surface area contributed by atoms with E-state index in [1.165, 1.54) is 0 Å². The van der Waals surface area contributed by atoms with Crippen LogP contribution in [0.25, 0.3) is 11.8 Å². The number of piperidine rings is 1. The van der Waals surface area contributed by atoms with Gasteiger partial charge in [-0.05, 0) is 48.1 Å². The second-order valence-electron chi connectivity index (χ2n) is 8.19. The largest absolute Gasteiger partial charge is 0.496 e. The van der Waals surface area contributed by atoms with Crippen LogP contribution in [0.3, 0.4) is 0 Å². The molecule has 7 heteroatoms. The first-order valence-electron chi connectivity index (χ1n) is 9.73. The standard InChI is InChI=1S/C22H26NO4PS/c1-22(2)11-13-23(14-12-22)28(24,25)27-19-15-16-7-4-5-10-20(16)29-21-17(19)8-6-9-18(21)26-3/h4-10,15H,11-14H2,1-3H3,(H,24,25). The highest BCUT2D eigenvalue weighted by atomic mass is 32.2. The van der Waals surface area contributed by atoms with E-state index in [9.17, 15) is 9.46 Å². The Kier molecular flexibility index (Phi) is 5.56. The van der Waals surface area contributed by atoms with Gasteiger partial charge >= 0.3 is 7.75 Å². The molecule has 4 rings (SSSR count). The Labute approximate surface area is 176 Å². The van der Waals surface area contributed by atoms with Crippen molar-refractivity contribution >= 4 is 31.3 Å². The molecule has 0 aromatic heterocycles. The van der Waals surface area contributed by atoms with E-state index in [1.807, 2.05) is 48.5 Å². The predicted octanol–water partition coefficient (Wildman–Crippen LogP) is 5.90. The molecule has 0 bridgehead atoms. The van der Waals surface area contributed by atoms with Gasteiger partial charge in [0.1, 0.15) is 11.5 Å². The average molecular weight is 431 g/mol. The number of hydrogen-bond acceptors (Lipinski definition) is 4. The predicted molar refractivity (Wildman–Crippen MR) is 117 cm³/mol. The van der Waals surface area contributed by atoms with Crippen LogP contribution in [0.1, 0.15) is 37.8 Å². The fraction of sp³-hybridized carbons (Fsp3) is 0.364. The summed E-state index contributed by atoms with van der Waals surface area (Å²) < 4.78 is 26.2. The fourth-order valence-corrected chi connectivity index (χ4v) is 5.98. The van der Waals surface area contributed by atoms with Crippen molar-refractivity contribution in [2.75, 3.05) is 20.2 Å². The van der Waals surface area contributed by atoms with E-state index in [-0.39, 0.29) is 5.41 Å². The molecule has 2 heterocycles. The lowest BCUT2D eigenvalue weighted by Gasteiger charge is -2.37. The molecule has 2 aromatic carbocycles. The Bertz CT molecular complexity index is 994. The Hall–Kier alpha value is -1.72. The van der Waals surface area contributed by atoms with Gasteiger partial charge < -0.3 is 14.2 Å². The fourth-order valence-electron chi connectivity index (χ4n) is 3.61. The Morgan fingerprint density at radius 2 is 1.83 bits per heavy atom. The van der Waals surface area contributed by atoms with Crippen molar-refractivity contribution in [2.24, 2.45) is 5.41 Å². The molecule has 0 spiro atoms. The lowest BCUT2D eigenvalue weighted by molar-refractivity contribution is 0.163. The van der Waals surface area contributed by atoms with E-state index < -0.39 is 7.75 Å². The second-order valence-corrected chi connectivity index (χ2v) is 11.0. The summed E-state index contributed by atoms with van der Waals surface area (Å²) in [7, 11) is -2.36. The zero-order valence-electron chi connectivity index (χ0n) is 16.9. The minimum atomic E-state index is -3.99. The van der Waals surface area contributed by atoms with Gasteiger partial charge in [0.2, 0.25) is 0 Å². The molecular weight excluding hydrogens is 405 g/mol. The number of nitrogens with zero attached hydrogens (tertiary/aromatic N) is 1. The number of hydrogen-bond donors (Lipinski definition) is 1. The number of ether oxygens (including phenoxy) is 1. The first-order chi connectivity index (χ1) is 13.8. The average Bonchev–Trinajstić information content (AvgIpc) is 2.83. The molecule has 0 radical (unpaired) electrons. The van der Waals surface area contributed by atoms with Crippen molar-refractivity contribution in [1.82, 2.24) is 4.67 Å². The summed E-state index contributed by atoms with van der Waals surface area (Å²) in [5.41, 5.74) is 1.90. The summed E-state index contributed by atoms with van der Waals surface area (Å²) in [5.74, 6) is 1.11. The summed E-state index contributed by atoms with van der Waals surface area (Å²) in [6.45, 7) is 5.48. The summed E-state index contributed by atoms with van der Waals surface area (Å²) >= 11 is 1.58. The third-order valence-corrected chi connectivity index (χ3v) is 8.32. The smallest absolute Gasteiger partial charge is 0.458 e. The van der Waals surface area contributed by atoms with Gasteiger partial charge in [0, 0.05) is 23.5 Å². The van der Waals surface area contributed by atoms with Crippen molar-refractivity contribution in [3.8, 4) is 5.75 Å². The van der Waals surface area contributed by atoms with Crippen LogP contribution in [-0.4, -0.2) is 29.8 Å². The second kappa shape index (κ2) is 7.84. The maximum absolute atomic E-state index is 13.2. The van der Waals surface area contributed by atoms with Crippen LogP contribution >= 0.6 is 19.5 Å². The minimum Gasteiger partial charge on any atom is -0.496 e. The highest BCUT2D eigenvalue weighted by molar-refractivity contribution is 7.99. The Balaban J connectivity index is 1.72. The third kappa shape index (κ3) is 4.26. The molecule has 0 aliphatic carbocycles. The van der Waals surface area contributed by atoms with E-state index in [4.69, 9.17) is 9.26 Å². The zero-order chi connectivity index (χ0) is 20.6. The molecule has 154 valence electrons.